The monoisotopic (exact) mass is 358 g/mol. The molecule has 2 aromatic rings. The maximum atomic E-state index is 12.8. The molecule has 0 radical (unpaired) electrons. The molecule has 1 unspecified atom stereocenters. The number of fused-ring (bicyclic) bond motifs is 1. The maximum Gasteiger partial charge on any atom is 0.269 e. The Labute approximate surface area is 152 Å². The number of benzene rings is 1. The smallest absolute Gasteiger partial charge is 0.269 e. The number of carbonyl (C=O) groups is 1. The van der Waals surface area contributed by atoms with Gasteiger partial charge in [-0.25, -0.2) is 4.98 Å². The molecule has 26 heavy (non-hydrogen) atoms. The van der Waals surface area contributed by atoms with E-state index in [0.717, 1.165) is 0 Å². The van der Waals surface area contributed by atoms with Gasteiger partial charge in [-0.15, -0.1) is 0 Å². The first kappa shape index (κ1) is 18.5. The van der Waals surface area contributed by atoms with Crippen LogP contribution >= 0.6 is 0 Å². The lowest BCUT2D eigenvalue weighted by Crippen LogP contribution is -2.57. The van der Waals surface area contributed by atoms with Gasteiger partial charge >= 0.3 is 0 Å². The van der Waals surface area contributed by atoms with Crippen LogP contribution in [0, 0.1) is 0 Å². The summed E-state index contributed by atoms with van der Waals surface area (Å²) in [4.78, 5) is 33.2. The van der Waals surface area contributed by atoms with Crippen molar-refractivity contribution in [2.75, 3.05) is 26.2 Å². The Kier molecular flexibility index (Phi) is 5.11. The number of hydrogen-bond donors (Lipinski definition) is 1. The summed E-state index contributed by atoms with van der Waals surface area (Å²) in [6.07, 6.45) is 1.26. The Hall–Kier alpha value is -2.25. The fraction of sp³-hybridized carbons (Fsp3) is 0.526. The number of para-hydroxylation sites is 2. The van der Waals surface area contributed by atoms with Crippen molar-refractivity contribution in [3.8, 4) is 0 Å². The zero-order chi connectivity index (χ0) is 18.9. The first-order valence-corrected chi connectivity index (χ1v) is 8.93. The summed E-state index contributed by atoms with van der Waals surface area (Å²) < 4.78 is 1.49. The van der Waals surface area contributed by atoms with Crippen molar-refractivity contribution in [3.63, 3.8) is 0 Å². The molecule has 1 fully saturated rings. The minimum Gasteiger partial charge on any atom is -0.389 e. The van der Waals surface area contributed by atoms with Gasteiger partial charge in [0.1, 0.15) is 6.54 Å². The van der Waals surface area contributed by atoms with Crippen LogP contribution < -0.4 is 5.56 Å². The molecule has 0 bridgehead atoms. The minimum atomic E-state index is -0.755. The molecule has 1 amide bonds. The van der Waals surface area contributed by atoms with Gasteiger partial charge in [0.2, 0.25) is 5.91 Å². The highest BCUT2D eigenvalue weighted by molar-refractivity contribution is 5.80. The second-order valence-corrected chi connectivity index (χ2v) is 7.65. The molecule has 0 spiro atoms. The van der Waals surface area contributed by atoms with Gasteiger partial charge in [-0.3, -0.25) is 19.1 Å². The Bertz CT molecular complexity index is 856. The Balaban J connectivity index is 1.74. The SMILES string of the molecule is CC1CN(CC(C)(C)O)CCN1C(=O)Cn1c(=O)cnc2ccccc21. The molecule has 3 rings (SSSR count). The lowest BCUT2D eigenvalue weighted by atomic mass is 10.1. The van der Waals surface area contributed by atoms with E-state index in [4.69, 9.17) is 0 Å². The van der Waals surface area contributed by atoms with Crippen LogP contribution in [0.5, 0.6) is 0 Å². The highest BCUT2D eigenvalue weighted by Crippen LogP contribution is 2.15. The number of amides is 1. The van der Waals surface area contributed by atoms with Crippen LogP contribution in [-0.2, 0) is 11.3 Å². The molecular weight excluding hydrogens is 332 g/mol. The summed E-state index contributed by atoms with van der Waals surface area (Å²) >= 11 is 0. The average molecular weight is 358 g/mol. The third-order valence-corrected chi connectivity index (χ3v) is 4.69. The third kappa shape index (κ3) is 4.11. The second kappa shape index (κ2) is 7.17. The fourth-order valence-electron chi connectivity index (χ4n) is 3.60. The van der Waals surface area contributed by atoms with Crippen LogP contribution in [0.2, 0.25) is 0 Å². The normalized spacial score (nSPS) is 19.1. The summed E-state index contributed by atoms with van der Waals surface area (Å²) in [6, 6.07) is 7.36. The minimum absolute atomic E-state index is 0.0116. The molecule has 1 N–H and O–H groups in total. The average Bonchev–Trinajstić information content (AvgIpc) is 2.56. The van der Waals surface area contributed by atoms with E-state index in [1.165, 1.54) is 10.8 Å². The van der Waals surface area contributed by atoms with Gasteiger partial charge in [-0.05, 0) is 32.9 Å². The van der Waals surface area contributed by atoms with Gasteiger partial charge in [0, 0.05) is 32.2 Å². The van der Waals surface area contributed by atoms with Crippen molar-refractivity contribution < 1.29 is 9.90 Å². The molecular formula is C19H26N4O3. The predicted molar refractivity (Wildman–Crippen MR) is 99.9 cm³/mol. The van der Waals surface area contributed by atoms with Crippen LogP contribution in [0.15, 0.2) is 35.3 Å². The molecule has 1 atom stereocenters. The van der Waals surface area contributed by atoms with E-state index in [9.17, 15) is 14.7 Å². The van der Waals surface area contributed by atoms with E-state index < -0.39 is 5.60 Å². The third-order valence-electron chi connectivity index (χ3n) is 4.69. The molecule has 7 heteroatoms. The molecule has 0 aliphatic carbocycles. The summed E-state index contributed by atoms with van der Waals surface area (Å²) in [6.45, 7) is 8.18. The molecule has 1 aromatic heterocycles. The van der Waals surface area contributed by atoms with Gasteiger partial charge in [-0.1, -0.05) is 12.1 Å². The number of piperazine rings is 1. The van der Waals surface area contributed by atoms with E-state index >= 15 is 0 Å². The van der Waals surface area contributed by atoms with E-state index in [1.54, 1.807) is 13.8 Å². The van der Waals surface area contributed by atoms with Gasteiger partial charge in [0.05, 0.1) is 22.8 Å². The van der Waals surface area contributed by atoms with Crippen LogP contribution in [0.3, 0.4) is 0 Å². The lowest BCUT2D eigenvalue weighted by Gasteiger charge is -2.41. The maximum absolute atomic E-state index is 12.8. The summed E-state index contributed by atoms with van der Waals surface area (Å²) in [5.74, 6) is -0.0705. The molecule has 1 aromatic carbocycles. The van der Waals surface area contributed by atoms with Crippen LogP contribution in [-0.4, -0.2) is 68.2 Å². The molecule has 7 nitrogen and oxygen atoms in total. The summed E-state index contributed by atoms with van der Waals surface area (Å²) in [5, 5.41) is 9.99. The molecule has 140 valence electrons. The van der Waals surface area contributed by atoms with Crippen molar-refractivity contribution in [2.24, 2.45) is 0 Å². The highest BCUT2D eigenvalue weighted by Gasteiger charge is 2.30. The van der Waals surface area contributed by atoms with Gasteiger partial charge in [0.15, 0.2) is 0 Å². The van der Waals surface area contributed by atoms with Gasteiger partial charge in [0.25, 0.3) is 5.56 Å². The van der Waals surface area contributed by atoms with Crippen LogP contribution in [0.1, 0.15) is 20.8 Å². The first-order chi connectivity index (χ1) is 12.2. The van der Waals surface area contributed by atoms with Crippen LogP contribution in [0.25, 0.3) is 11.0 Å². The number of rotatable bonds is 4. The Morgan fingerprint density at radius 3 is 2.73 bits per heavy atom. The summed E-state index contributed by atoms with van der Waals surface area (Å²) in [7, 11) is 0. The number of hydrogen-bond acceptors (Lipinski definition) is 5. The number of aromatic nitrogens is 2. The number of β-amino-alcohol motifs (C(OH)–C–C–N with tert-alkyl or cyclic N) is 1. The first-order valence-electron chi connectivity index (χ1n) is 8.93. The molecule has 2 heterocycles. The lowest BCUT2D eigenvalue weighted by molar-refractivity contribution is -0.136. The van der Waals surface area contributed by atoms with Crippen molar-refractivity contribution >= 4 is 16.9 Å². The predicted octanol–water partition coefficient (Wildman–Crippen LogP) is 0.700. The molecule has 1 saturated heterocycles. The Morgan fingerprint density at radius 1 is 1.31 bits per heavy atom. The van der Waals surface area contributed by atoms with Crippen molar-refractivity contribution in [2.45, 2.75) is 39.0 Å². The van der Waals surface area contributed by atoms with E-state index in [-0.39, 0.29) is 24.1 Å². The van der Waals surface area contributed by atoms with E-state index in [2.05, 4.69) is 9.88 Å². The van der Waals surface area contributed by atoms with E-state index in [1.807, 2.05) is 36.1 Å². The topological polar surface area (TPSA) is 78.7 Å². The van der Waals surface area contributed by atoms with Gasteiger partial charge in [-0.2, -0.15) is 0 Å². The van der Waals surface area contributed by atoms with Crippen molar-refractivity contribution in [1.82, 2.24) is 19.4 Å². The van der Waals surface area contributed by atoms with Crippen molar-refractivity contribution in [1.29, 1.82) is 0 Å². The van der Waals surface area contributed by atoms with E-state index in [0.29, 0.717) is 37.2 Å². The van der Waals surface area contributed by atoms with Gasteiger partial charge < -0.3 is 10.0 Å². The zero-order valence-corrected chi connectivity index (χ0v) is 15.6. The Morgan fingerprint density at radius 2 is 2.04 bits per heavy atom. The highest BCUT2D eigenvalue weighted by atomic mass is 16.3. The number of nitrogens with zero attached hydrogens (tertiary/aromatic N) is 4. The quantitative estimate of drug-likeness (QED) is 0.870. The van der Waals surface area contributed by atoms with Crippen LogP contribution in [0.4, 0.5) is 0 Å². The number of carbonyl (C=O) groups excluding carboxylic acids is 1. The molecule has 1 aliphatic rings. The van der Waals surface area contributed by atoms with Crippen molar-refractivity contribution in [3.05, 3.63) is 40.8 Å². The standard InChI is InChI=1S/C19H26N4O3/c1-14-11-21(13-19(2,3)26)8-9-22(14)18(25)12-23-16-7-5-4-6-15(16)20-10-17(23)24/h4-7,10,14,26H,8-9,11-13H2,1-3H3. The second-order valence-electron chi connectivity index (χ2n) is 7.65. The number of aliphatic hydroxyl groups is 1. The fourth-order valence-corrected chi connectivity index (χ4v) is 3.60. The molecule has 0 saturated carbocycles. The largest absolute Gasteiger partial charge is 0.389 e. The summed E-state index contributed by atoms with van der Waals surface area (Å²) in [5.41, 5.74) is 0.338. The molecule has 1 aliphatic heterocycles. The zero-order valence-electron chi connectivity index (χ0n) is 15.6.